The lowest BCUT2D eigenvalue weighted by atomic mass is 9.92. The number of nitrogens with one attached hydrogen (secondary N) is 2. The lowest BCUT2D eigenvalue weighted by Gasteiger charge is -2.22. The average Bonchev–Trinajstić information content (AvgIpc) is 3.16. The zero-order valence-corrected chi connectivity index (χ0v) is 20.1. The number of imide groups is 1. The molecule has 1 spiro atoms. The van der Waals surface area contributed by atoms with Gasteiger partial charge in [-0.05, 0) is 61.1 Å². The number of rotatable bonds is 5. The fourth-order valence-corrected chi connectivity index (χ4v) is 6.74. The second kappa shape index (κ2) is 9.09. The molecule has 10 heteroatoms. The third kappa shape index (κ3) is 4.21. The highest BCUT2D eigenvalue weighted by Crippen LogP contribution is 2.41. The number of carbonyl (C=O) groups is 3. The molecule has 184 valence electrons. The standard InChI is InChI=1S/C25H28N4O5S/c30-22(17-29-23(31)25(27-24(29)32)14-13-18-7-3-4-8-21(18)25)26-19-9-11-20(12-10-19)35(33,34)28-15-5-1-2-6-16-28/h3-4,7-12H,1-2,5-6,13-17H2,(H,26,30)(H,27,32). The highest BCUT2D eigenvalue weighted by atomic mass is 32.2. The van der Waals surface area contributed by atoms with Gasteiger partial charge in [-0.2, -0.15) is 4.31 Å². The van der Waals surface area contributed by atoms with E-state index in [9.17, 15) is 22.8 Å². The fourth-order valence-electron chi connectivity index (χ4n) is 5.22. The van der Waals surface area contributed by atoms with Crippen LogP contribution >= 0.6 is 0 Å². The average molecular weight is 497 g/mol. The number of benzene rings is 2. The second-order valence-corrected chi connectivity index (χ2v) is 11.2. The number of amides is 4. The van der Waals surface area contributed by atoms with Gasteiger partial charge in [0.25, 0.3) is 5.91 Å². The molecule has 5 rings (SSSR count). The smallest absolute Gasteiger partial charge is 0.325 e. The van der Waals surface area contributed by atoms with Gasteiger partial charge in [-0.25, -0.2) is 13.2 Å². The summed E-state index contributed by atoms with van der Waals surface area (Å²) >= 11 is 0. The minimum atomic E-state index is -3.59. The Bertz CT molecular complexity index is 1270. The molecule has 2 heterocycles. The Morgan fingerprint density at radius 1 is 0.971 bits per heavy atom. The summed E-state index contributed by atoms with van der Waals surface area (Å²) in [6, 6.07) is 12.9. The topological polar surface area (TPSA) is 116 Å². The molecule has 2 aromatic rings. The van der Waals surface area contributed by atoms with E-state index in [-0.39, 0.29) is 4.90 Å². The Morgan fingerprint density at radius 2 is 1.66 bits per heavy atom. The van der Waals surface area contributed by atoms with E-state index in [1.807, 2.05) is 24.3 Å². The Morgan fingerprint density at radius 3 is 2.37 bits per heavy atom. The van der Waals surface area contributed by atoms with Gasteiger partial charge >= 0.3 is 6.03 Å². The molecular formula is C25H28N4O5S. The van der Waals surface area contributed by atoms with Crippen molar-refractivity contribution < 1.29 is 22.8 Å². The predicted molar refractivity (Wildman–Crippen MR) is 129 cm³/mol. The third-order valence-corrected chi connectivity index (χ3v) is 8.98. The van der Waals surface area contributed by atoms with Gasteiger partial charge < -0.3 is 10.6 Å². The quantitative estimate of drug-likeness (QED) is 0.618. The van der Waals surface area contributed by atoms with Crippen LogP contribution in [0.4, 0.5) is 10.5 Å². The molecule has 4 amide bonds. The summed E-state index contributed by atoms with van der Waals surface area (Å²) in [6.45, 7) is 0.597. The van der Waals surface area contributed by atoms with Crippen molar-refractivity contribution >= 4 is 33.6 Å². The van der Waals surface area contributed by atoms with E-state index < -0.39 is 40.0 Å². The van der Waals surface area contributed by atoms with Crippen LogP contribution in [0.1, 0.15) is 43.2 Å². The summed E-state index contributed by atoms with van der Waals surface area (Å²) in [7, 11) is -3.59. The minimum Gasteiger partial charge on any atom is -0.325 e. The summed E-state index contributed by atoms with van der Waals surface area (Å²) in [5, 5.41) is 5.46. The highest BCUT2D eigenvalue weighted by Gasteiger charge is 2.55. The van der Waals surface area contributed by atoms with E-state index in [0.717, 1.165) is 41.7 Å². The van der Waals surface area contributed by atoms with Crippen LogP contribution in [-0.4, -0.2) is 55.1 Å². The Balaban J connectivity index is 1.25. The first-order valence-corrected chi connectivity index (χ1v) is 13.4. The first-order chi connectivity index (χ1) is 16.8. The van der Waals surface area contributed by atoms with Gasteiger partial charge in [0.1, 0.15) is 12.1 Å². The number of aryl methyl sites for hydroxylation is 1. The van der Waals surface area contributed by atoms with Crippen LogP contribution < -0.4 is 10.6 Å². The van der Waals surface area contributed by atoms with E-state index in [1.165, 1.54) is 28.6 Å². The lowest BCUT2D eigenvalue weighted by Crippen LogP contribution is -2.43. The maximum atomic E-state index is 13.2. The maximum Gasteiger partial charge on any atom is 0.325 e. The van der Waals surface area contributed by atoms with Crippen molar-refractivity contribution in [3.8, 4) is 0 Å². The molecule has 2 aromatic carbocycles. The van der Waals surface area contributed by atoms with Gasteiger partial charge in [-0.3, -0.25) is 14.5 Å². The molecule has 9 nitrogen and oxygen atoms in total. The molecule has 2 N–H and O–H groups in total. The molecule has 2 saturated heterocycles. The van der Waals surface area contributed by atoms with Crippen molar-refractivity contribution in [2.24, 2.45) is 0 Å². The number of hydrogen-bond acceptors (Lipinski definition) is 5. The second-order valence-electron chi connectivity index (χ2n) is 9.27. The molecule has 2 aliphatic heterocycles. The van der Waals surface area contributed by atoms with E-state index in [2.05, 4.69) is 10.6 Å². The summed E-state index contributed by atoms with van der Waals surface area (Å²) in [5.41, 5.74) is 1.07. The van der Waals surface area contributed by atoms with Gasteiger partial charge in [-0.1, -0.05) is 37.1 Å². The van der Waals surface area contributed by atoms with Crippen LogP contribution in [0.2, 0.25) is 0 Å². The highest BCUT2D eigenvalue weighted by molar-refractivity contribution is 7.89. The van der Waals surface area contributed by atoms with Crippen molar-refractivity contribution in [3.63, 3.8) is 0 Å². The van der Waals surface area contributed by atoms with Crippen molar-refractivity contribution in [2.45, 2.75) is 49.0 Å². The molecule has 0 aromatic heterocycles. The summed E-state index contributed by atoms with van der Waals surface area (Å²) in [4.78, 5) is 39.6. The Labute approximate surface area is 204 Å². The van der Waals surface area contributed by atoms with Crippen molar-refractivity contribution in [3.05, 3.63) is 59.7 Å². The van der Waals surface area contributed by atoms with Crippen LogP contribution in [0.3, 0.4) is 0 Å². The van der Waals surface area contributed by atoms with Crippen LogP contribution in [0.15, 0.2) is 53.4 Å². The van der Waals surface area contributed by atoms with E-state index >= 15 is 0 Å². The molecule has 2 fully saturated rings. The number of nitrogens with zero attached hydrogens (tertiary/aromatic N) is 2. The van der Waals surface area contributed by atoms with E-state index in [0.29, 0.717) is 31.6 Å². The Hall–Kier alpha value is -3.24. The van der Waals surface area contributed by atoms with Crippen LogP contribution in [0.5, 0.6) is 0 Å². The SMILES string of the molecule is O=C(CN1C(=O)NC2(CCc3ccccc32)C1=O)Nc1ccc(S(=O)(=O)N2CCCCCC2)cc1. The molecule has 1 unspecified atom stereocenters. The van der Waals surface area contributed by atoms with Gasteiger partial charge in [0.2, 0.25) is 15.9 Å². The fraction of sp³-hybridized carbons (Fsp3) is 0.400. The van der Waals surface area contributed by atoms with Crippen molar-refractivity contribution in [1.29, 1.82) is 0 Å². The van der Waals surface area contributed by atoms with Crippen molar-refractivity contribution in [2.75, 3.05) is 25.0 Å². The molecule has 1 aliphatic carbocycles. The first-order valence-electron chi connectivity index (χ1n) is 11.9. The molecule has 0 radical (unpaired) electrons. The normalized spacial score (nSPS) is 22.7. The van der Waals surface area contributed by atoms with Gasteiger partial charge in [0.15, 0.2) is 0 Å². The number of hydrogen-bond donors (Lipinski definition) is 2. The van der Waals surface area contributed by atoms with E-state index in [4.69, 9.17) is 0 Å². The molecule has 35 heavy (non-hydrogen) atoms. The first kappa shape index (κ1) is 23.5. The number of sulfonamides is 1. The molecule has 3 aliphatic rings. The maximum absolute atomic E-state index is 13.2. The predicted octanol–water partition coefficient (Wildman–Crippen LogP) is 2.58. The summed E-state index contributed by atoms with van der Waals surface area (Å²) in [5.74, 6) is -0.971. The third-order valence-electron chi connectivity index (χ3n) is 7.06. The monoisotopic (exact) mass is 496 g/mol. The number of anilines is 1. The number of carbonyl (C=O) groups excluding carboxylic acids is 3. The van der Waals surface area contributed by atoms with Crippen molar-refractivity contribution in [1.82, 2.24) is 14.5 Å². The lowest BCUT2D eigenvalue weighted by molar-refractivity contribution is -0.134. The largest absolute Gasteiger partial charge is 0.325 e. The van der Waals surface area contributed by atoms with E-state index in [1.54, 1.807) is 0 Å². The summed E-state index contributed by atoms with van der Waals surface area (Å²) < 4.78 is 27.4. The van der Waals surface area contributed by atoms with Crippen LogP contribution in [-0.2, 0) is 31.6 Å². The van der Waals surface area contributed by atoms with Crippen LogP contribution in [0.25, 0.3) is 0 Å². The molecular weight excluding hydrogens is 468 g/mol. The van der Waals surface area contributed by atoms with Gasteiger partial charge in [-0.15, -0.1) is 0 Å². The zero-order chi connectivity index (χ0) is 24.6. The van der Waals surface area contributed by atoms with Gasteiger partial charge in [0.05, 0.1) is 4.90 Å². The minimum absolute atomic E-state index is 0.174. The molecule has 1 atom stereocenters. The number of fused-ring (bicyclic) bond motifs is 2. The molecule has 0 bridgehead atoms. The molecule has 0 saturated carbocycles. The Kier molecular flexibility index (Phi) is 6.10. The van der Waals surface area contributed by atoms with Crippen LogP contribution in [0, 0.1) is 0 Å². The van der Waals surface area contributed by atoms with Gasteiger partial charge in [0, 0.05) is 18.8 Å². The number of urea groups is 1. The zero-order valence-electron chi connectivity index (χ0n) is 19.3. The summed E-state index contributed by atoms with van der Waals surface area (Å²) in [6.07, 6.45) is 4.90.